The number of benzene rings is 4. The Morgan fingerprint density at radius 3 is 2.36 bits per heavy atom. The Morgan fingerprint density at radius 2 is 1.57 bits per heavy atom. The van der Waals surface area contributed by atoms with Gasteiger partial charge in [0.2, 0.25) is 0 Å². The highest BCUT2D eigenvalue weighted by atomic mass is 16.2. The third kappa shape index (κ3) is 5.00. The van der Waals surface area contributed by atoms with Gasteiger partial charge in [0.15, 0.2) is 0 Å². The molecule has 0 aliphatic carbocycles. The summed E-state index contributed by atoms with van der Waals surface area (Å²) >= 11 is 0. The van der Waals surface area contributed by atoms with Crippen LogP contribution in [0.2, 0.25) is 0 Å². The van der Waals surface area contributed by atoms with Gasteiger partial charge >= 0.3 is 0 Å². The van der Waals surface area contributed by atoms with Crippen LogP contribution in [0.4, 0.5) is 0 Å². The van der Waals surface area contributed by atoms with Crippen molar-refractivity contribution in [3.05, 3.63) is 149 Å². The van der Waals surface area contributed by atoms with Crippen LogP contribution in [0.5, 0.6) is 0 Å². The molecule has 2 heterocycles. The fourth-order valence-electron chi connectivity index (χ4n) is 5.46. The summed E-state index contributed by atoms with van der Waals surface area (Å²) in [4.78, 5) is 13.0. The second-order valence-electron chi connectivity index (χ2n) is 10.2. The molecular weight excluding hydrogens is 518 g/mol. The maximum atomic E-state index is 13.0. The number of nitrogens with zero attached hydrogens (tertiary/aromatic N) is 4. The van der Waals surface area contributed by atoms with Crippen molar-refractivity contribution in [2.45, 2.75) is 20.4 Å². The van der Waals surface area contributed by atoms with Crippen LogP contribution >= 0.6 is 0 Å². The van der Waals surface area contributed by atoms with E-state index in [4.69, 9.17) is 0 Å². The summed E-state index contributed by atoms with van der Waals surface area (Å²) in [7, 11) is 0. The number of nitriles is 1. The van der Waals surface area contributed by atoms with Gasteiger partial charge in [-0.05, 0) is 73.5 Å². The number of hydrogen-bond donors (Lipinski definition) is 1. The van der Waals surface area contributed by atoms with Gasteiger partial charge in [-0.25, -0.2) is 5.43 Å². The number of nitrogens with one attached hydrogen (secondary N) is 1. The number of hydrogen-bond acceptors (Lipinski definition) is 3. The van der Waals surface area contributed by atoms with Crippen LogP contribution in [0.3, 0.4) is 0 Å². The van der Waals surface area contributed by atoms with E-state index in [1.54, 1.807) is 6.21 Å². The summed E-state index contributed by atoms with van der Waals surface area (Å²) in [6, 6.07) is 40.0. The number of carbonyl (C=O) groups is 1. The number of carbonyl (C=O) groups excluding carboxylic acids is 1. The molecule has 6 heteroatoms. The molecule has 0 saturated carbocycles. The Bertz CT molecular complexity index is 1970. The van der Waals surface area contributed by atoms with Crippen LogP contribution in [0.1, 0.15) is 38.4 Å². The number of fused-ring (bicyclic) bond motifs is 1. The lowest BCUT2D eigenvalue weighted by molar-refractivity contribution is 0.0955. The molecule has 1 amide bonds. The molecule has 6 rings (SSSR count). The maximum Gasteiger partial charge on any atom is 0.271 e. The first-order valence-electron chi connectivity index (χ1n) is 13.8. The van der Waals surface area contributed by atoms with Crippen LogP contribution in [-0.4, -0.2) is 21.3 Å². The van der Waals surface area contributed by atoms with Crippen LogP contribution in [-0.2, 0) is 6.54 Å². The van der Waals surface area contributed by atoms with Gasteiger partial charge in [-0.1, -0.05) is 66.7 Å². The fourth-order valence-corrected chi connectivity index (χ4v) is 5.46. The highest BCUT2D eigenvalue weighted by Gasteiger charge is 2.15. The van der Waals surface area contributed by atoms with E-state index in [1.165, 1.54) is 0 Å². The zero-order chi connectivity index (χ0) is 29.1. The van der Waals surface area contributed by atoms with Crippen LogP contribution < -0.4 is 5.43 Å². The Labute approximate surface area is 244 Å². The van der Waals surface area contributed by atoms with E-state index < -0.39 is 0 Å². The quantitative estimate of drug-likeness (QED) is 0.167. The lowest BCUT2D eigenvalue weighted by Gasteiger charge is -2.12. The third-order valence-electron chi connectivity index (χ3n) is 7.64. The maximum absolute atomic E-state index is 13.0. The fraction of sp³-hybridized carbons (Fsp3) is 0.0833. The van der Waals surface area contributed by atoms with Gasteiger partial charge in [0.1, 0.15) is 0 Å². The Morgan fingerprint density at radius 1 is 0.857 bits per heavy atom. The monoisotopic (exact) mass is 547 g/mol. The lowest BCUT2D eigenvalue weighted by Crippen LogP contribution is -2.17. The summed E-state index contributed by atoms with van der Waals surface area (Å²) in [6.45, 7) is 4.67. The molecular formula is C36H29N5O. The van der Waals surface area contributed by atoms with E-state index in [0.29, 0.717) is 17.7 Å². The van der Waals surface area contributed by atoms with Crippen molar-refractivity contribution < 1.29 is 4.79 Å². The number of para-hydroxylation sites is 1. The van der Waals surface area contributed by atoms with Gasteiger partial charge in [-0.3, -0.25) is 4.79 Å². The normalized spacial score (nSPS) is 11.2. The van der Waals surface area contributed by atoms with Crippen molar-refractivity contribution in [1.82, 2.24) is 14.6 Å². The average Bonchev–Trinajstić information content (AvgIpc) is 3.55. The molecule has 42 heavy (non-hydrogen) atoms. The second kappa shape index (κ2) is 11.4. The molecule has 2 aromatic heterocycles. The summed E-state index contributed by atoms with van der Waals surface area (Å²) in [5.41, 5.74) is 12.1. The highest BCUT2D eigenvalue weighted by Crippen LogP contribution is 2.28. The standard InChI is InChI=1S/C36H29N5O/c1-25-16-21-34(27-10-4-3-5-11-27)41(25)31-19-17-28(18-20-31)36(42)39-38-23-33-26(2)40(35-15-9-8-14-32(33)35)24-30-13-7-6-12-29(30)22-37/h3-21,23H,24H2,1-2H3,(H,39,42)/b38-23+. The minimum atomic E-state index is -0.283. The van der Waals surface area contributed by atoms with Gasteiger partial charge in [-0.2, -0.15) is 10.4 Å². The molecule has 0 aliphatic rings. The Kier molecular flexibility index (Phi) is 7.23. The van der Waals surface area contributed by atoms with E-state index in [2.05, 4.69) is 63.0 Å². The van der Waals surface area contributed by atoms with Gasteiger partial charge in [0, 0.05) is 45.6 Å². The zero-order valence-electron chi connectivity index (χ0n) is 23.5. The lowest BCUT2D eigenvalue weighted by atomic mass is 10.1. The molecule has 0 saturated heterocycles. The highest BCUT2D eigenvalue weighted by molar-refractivity contribution is 6.02. The molecule has 6 aromatic rings. The second-order valence-corrected chi connectivity index (χ2v) is 10.2. The van der Waals surface area contributed by atoms with E-state index >= 15 is 0 Å². The van der Waals surface area contributed by atoms with Gasteiger partial charge in [0.05, 0.1) is 23.5 Å². The third-order valence-corrected chi connectivity index (χ3v) is 7.64. The van der Waals surface area contributed by atoms with Gasteiger partial charge in [-0.15, -0.1) is 0 Å². The first-order valence-corrected chi connectivity index (χ1v) is 13.8. The molecule has 1 N–H and O–H groups in total. The van der Waals surface area contributed by atoms with Crippen molar-refractivity contribution in [2.24, 2.45) is 5.10 Å². The smallest absolute Gasteiger partial charge is 0.271 e. The SMILES string of the molecule is Cc1ccc(-c2ccccc2)n1-c1ccc(C(=O)N/N=C/c2c(C)n(Cc3ccccc3C#N)c3ccccc23)cc1. The van der Waals surface area contributed by atoms with Crippen molar-refractivity contribution in [3.63, 3.8) is 0 Å². The summed E-state index contributed by atoms with van der Waals surface area (Å²) in [5.74, 6) is -0.283. The minimum Gasteiger partial charge on any atom is -0.340 e. The van der Waals surface area contributed by atoms with E-state index in [-0.39, 0.29) is 5.91 Å². The van der Waals surface area contributed by atoms with Crippen molar-refractivity contribution in [3.8, 4) is 23.0 Å². The molecule has 4 aromatic carbocycles. The van der Waals surface area contributed by atoms with E-state index in [1.807, 2.05) is 91.9 Å². The van der Waals surface area contributed by atoms with Crippen LogP contribution in [0, 0.1) is 25.2 Å². The first-order chi connectivity index (χ1) is 20.5. The van der Waals surface area contributed by atoms with Gasteiger partial charge < -0.3 is 9.13 Å². The van der Waals surface area contributed by atoms with Crippen molar-refractivity contribution in [1.29, 1.82) is 5.26 Å². The van der Waals surface area contributed by atoms with Crippen molar-refractivity contribution in [2.75, 3.05) is 0 Å². The summed E-state index contributed by atoms with van der Waals surface area (Å²) < 4.78 is 4.36. The van der Waals surface area contributed by atoms with Crippen LogP contribution in [0.25, 0.3) is 27.8 Å². The number of rotatable bonds is 7. The molecule has 0 aliphatic heterocycles. The molecule has 0 spiro atoms. The predicted molar refractivity (Wildman–Crippen MR) is 168 cm³/mol. The molecule has 0 unspecified atom stereocenters. The summed E-state index contributed by atoms with van der Waals surface area (Å²) in [6.07, 6.45) is 1.70. The molecule has 0 atom stereocenters. The molecule has 204 valence electrons. The largest absolute Gasteiger partial charge is 0.340 e. The first kappa shape index (κ1) is 26.5. The number of aromatic nitrogens is 2. The molecule has 0 radical (unpaired) electrons. The van der Waals surface area contributed by atoms with E-state index in [9.17, 15) is 10.1 Å². The minimum absolute atomic E-state index is 0.283. The molecule has 0 fully saturated rings. The molecule has 6 nitrogen and oxygen atoms in total. The predicted octanol–water partition coefficient (Wildman–Crippen LogP) is 7.40. The zero-order valence-corrected chi connectivity index (χ0v) is 23.5. The number of aryl methyl sites for hydroxylation is 1. The van der Waals surface area contributed by atoms with E-state index in [0.717, 1.165) is 50.4 Å². The van der Waals surface area contributed by atoms with Gasteiger partial charge in [0.25, 0.3) is 5.91 Å². The van der Waals surface area contributed by atoms with Crippen LogP contribution in [0.15, 0.2) is 120 Å². The summed E-state index contributed by atoms with van der Waals surface area (Å²) in [5, 5.41) is 14.9. The average molecular weight is 548 g/mol. The number of amides is 1. The van der Waals surface area contributed by atoms with Crippen molar-refractivity contribution >= 4 is 23.0 Å². The topological polar surface area (TPSA) is 75.1 Å². The number of hydrazone groups is 1. The molecule has 0 bridgehead atoms. The Balaban J connectivity index is 1.22. The Hall–Kier alpha value is -5.67.